The number of nitrogens with one attached hydrogen (secondary N) is 1. The molecule has 0 aliphatic carbocycles. The average Bonchev–Trinajstić information content (AvgIpc) is 2.69. The van der Waals surface area contributed by atoms with Gasteiger partial charge in [-0.1, -0.05) is 90.5 Å². The summed E-state index contributed by atoms with van der Waals surface area (Å²) in [5, 5.41) is 4.24. The van der Waals surface area contributed by atoms with Gasteiger partial charge in [-0.25, -0.2) is 0 Å². The highest BCUT2D eigenvalue weighted by Crippen LogP contribution is 2.39. The molecule has 0 heterocycles. The number of halogens is 1. The third kappa shape index (κ3) is 4.02. The van der Waals surface area contributed by atoms with E-state index in [4.69, 9.17) is 11.6 Å². The van der Waals surface area contributed by atoms with Gasteiger partial charge in [-0.3, -0.25) is 0 Å². The molecule has 0 atom stereocenters. The molecule has 0 spiro atoms. The molecule has 0 bridgehead atoms. The summed E-state index contributed by atoms with van der Waals surface area (Å²) in [6.07, 6.45) is 0. The van der Waals surface area contributed by atoms with Crippen molar-refractivity contribution in [2.24, 2.45) is 0 Å². The number of hydrogen-bond acceptors (Lipinski definition) is 2. The minimum Gasteiger partial charge on any atom is -0.354 e. The first-order chi connectivity index (χ1) is 13.2. The van der Waals surface area contributed by atoms with Crippen molar-refractivity contribution in [2.75, 3.05) is 5.32 Å². The molecule has 27 heavy (non-hydrogen) atoms. The van der Waals surface area contributed by atoms with E-state index in [-0.39, 0.29) is 0 Å². The number of benzene rings is 4. The fourth-order valence-electron chi connectivity index (χ4n) is 3.19. The number of thiol groups is 1. The van der Waals surface area contributed by atoms with Crippen molar-refractivity contribution >= 4 is 35.6 Å². The monoisotopic (exact) mass is 387 g/mol. The Morgan fingerprint density at radius 2 is 1.19 bits per heavy atom. The summed E-state index contributed by atoms with van der Waals surface area (Å²) in [5.74, 6) is 0. The molecule has 0 fully saturated rings. The van der Waals surface area contributed by atoms with Crippen molar-refractivity contribution in [2.45, 2.75) is 4.90 Å². The van der Waals surface area contributed by atoms with Crippen LogP contribution in [0.5, 0.6) is 0 Å². The lowest BCUT2D eigenvalue weighted by Crippen LogP contribution is -1.97. The zero-order valence-corrected chi connectivity index (χ0v) is 16.2. The normalized spacial score (nSPS) is 10.6. The van der Waals surface area contributed by atoms with Gasteiger partial charge in [-0.15, -0.1) is 12.6 Å². The molecule has 0 aliphatic heterocycles. The molecular formula is C24H18ClNS. The fourth-order valence-corrected chi connectivity index (χ4v) is 3.78. The van der Waals surface area contributed by atoms with E-state index >= 15 is 0 Å². The van der Waals surface area contributed by atoms with E-state index in [1.54, 1.807) is 0 Å². The number of anilines is 2. The number of hydrogen-bond donors (Lipinski definition) is 2. The van der Waals surface area contributed by atoms with Crippen LogP contribution in [0.4, 0.5) is 11.4 Å². The number of para-hydroxylation sites is 1. The molecular weight excluding hydrogens is 370 g/mol. The standard InChI is InChI=1S/C24H18ClNS/c25-19-14-20(16-21(27)15-19)26-24-22(17-8-3-1-4-9-17)12-7-13-23(24)18-10-5-2-6-11-18/h1-16,26-27H. The van der Waals surface area contributed by atoms with Gasteiger partial charge in [0.15, 0.2) is 0 Å². The first kappa shape index (κ1) is 17.7. The lowest BCUT2D eigenvalue weighted by atomic mass is 9.95. The summed E-state index contributed by atoms with van der Waals surface area (Å²) in [5.41, 5.74) is 6.55. The Hall–Kier alpha value is -2.68. The predicted octanol–water partition coefficient (Wildman–Crippen LogP) is 7.71. The molecule has 0 unspecified atom stereocenters. The third-order valence-electron chi connectivity index (χ3n) is 4.39. The molecule has 0 aromatic heterocycles. The van der Waals surface area contributed by atoms with Crippen molar-refractivity contribution < 1.29 is 0 Å². The van der Waals surface area contributed by atoms with E-state index in [9.17, 15) is 0 Å². The van der Waals surface area contributed by atoms with E-state index in [0.29, 0.717) is 5.02 Å². The Balaban J connectivity index is 1.90. The molecule has 0 aliphatic rings. The van der Waals surface area contributed by atoms with Gasteiger partial charge >= 0.3 is 0 Å². The zero-order valence-electron chi connectivity index (χ0n) is 14.6. The third-order valence-corrected chi connectivity index (χ3v) is 4.86. The summed E-state index contributed by atoms with van der Waals surface area (Å²) in [7, 11) is 0. The Labute approximate surface area is 170 Å². The molecule has 0 saturated carbocycles. The SMILES string of the molecule is Sc1cc(Cl)cc(Nc2c(-c3ccccc3)cccc2-c2ccccc2)c1. The molecule has 1 nitrogen and oxygen atoms in total. The van der Waals surface area contributed by atoms with Crippen molar-refractivity contribution in [3.8, 4) is 22.3 Å². The molecule has 3 heteroatoms. The smallest absolute Gasteiger partial charge is 0.0543 e. The minimum atomic E-state index is 0.656. The van der Waals surface area contributed by atoms with Crippen molar-refractivity contribution in [3.63, 3.8) is 0 Å². The fraction of sp³-hybridized carbons (Fsp3) is 0. The minimum absolute atomic E-state index is 0.656. The van der Waals surface area contributed by atoms with Crippen LogP contribution in [-0.2, 0) is 0 Å². The van der Waals surface area contributed by atoms with Crippen molar-refractivity contribution in [3.05, 3.63) is 102 Å². The Morgan fingerprint density at radius 3 is 1.70 bits per heavy atom. The Kier molecular flexibility index (Phi) is 5.19. The summed E-state index contributed by atoms with van der Waals surface area (Å²) in [4.78, 5) is 0.823. The zero-order chi connectivity index (χ0) is 18.6. The van der Waals surface area contributed by atoms with E-state index in [1.807, 2.05) is 30.3 Å². The molecule has 4 aromatic rings. The lowest BCUT2D eigenvalue weighted by Gasteiger charge is -2.18. The van der Waals surface area contributed by atoms with E-state index in [1.165, 1.54) is 0 Å². The summed E-state index contributed by atoms with van der Waals surface area (Å²) in [6.45, 7) is 0. The quantitative estimate of drug-likeness (QED) is 0.342. The molecule has 1 N–H and O–H groups in total. The van der Waals surface area contributed by atoms with Gasteiger partial charge < -0.3 is 5.32 Å². The highest BCUT2D eigenvalue weighted by atomic mass is 35.5. The van der Waals surface area contributed by atoms with Crippen LogP contribution in [0.3, 0.4) is 0 Å². The van der Waals surface area contributed by atoms with Crippen molar-refractivity contribution in [1.29, 1.82) is 0 Å². The lowest BCUT2D eigenvalue weighted by molar-refractivity contribution is 1.44. The van der Waals surface area contributed by atoms with Crippen LogP contribution in [0.1, 0.15) is 0 Å². The van der Waals surface area contributed by atoms with Gasteiger partial charge in [0.2, 0.25) is 0 Å². The topological polar surface area (TPSA) is 12.0 Å². The molecule has 0 amide bonds. The second-order valence-electron chi connectivity index (χ2n) is 6.28. The van der Waals surface area contributed by atoms with Crippen LogP contribution in [0.25, 0.3) is 22.3 Å². The highest BCUT2D eigenvalue weighted by Gasteiger charge is 2.12. The maximum atomic E-state index is 6.24. The van der Waals surface area contributed by atoms with Crippen LogP contribution in [0.15, 0.2) is 102 Å². The summed E-state index contributed by atoms with van der Waals surface area (Å²) in [6, 6.07) is 32.9. The molecule has 0 saturated heterocycles. The summed E-state index contributed by atoms with van der Waals surface area (Å²) >= 11 is 10.7. The highest BCUT2D eigenvalue weighted by molar-refractivity contribution is 7.80. The molecule has 132 valence electrons. The van der Waals surface area contributed by atoms with E-state index in [2.05, 4.69) is 84.7 Å². The Bertz CT molecular complexity index is 984. The van der Waals surface area contributed by atoms with Crippen LogP contribution >= 0.6 is 24.2 Å². The largest absolute Gasteiger partial charge is 0.354 e. The van der Waals surface area contributed by atoms with Gasteiger partial charge in [0, 0.05) is 26.7 Å². The van der Waals surface area contributed by atoms with Crippen molar-refractivity contribution in [1.82, 2.24) is 0 Å². The van der Waals surface area contributed by atoms with Gasteiger partial charge in [0.1, 0.15) is 0 Å². The molecule has 4 aromatic carbocycles. The van der Waals surface area contributed by atoms with Gasteiger partial charge in [-0.05, 0) is 29.3 Å². The first-order valence-corrected chi connectivity index (χ1v) is 9.54. The maximum Gasteiger partial charge on any atom is 0.0543 e. The molecule has 4 rings (SSSR count). The first-order valence-electron chi connectivity index (χ1n) is 8.71. The van der Waals surface area contributed by atoms with Crippen LogP contribution in [0.2, 0.25) is 5.02 Å². The van der Waals surface area contributed by atoms with Gasteiger partial charge in [0.05, 0.1) is 5.69 Å². The van der Waals surface area contributed by atoms with E-state index < -0.39 is 0 Å². The average molecular weight is 388 g/mol. The summed E-state index contributed by atoms with van der Waals surface area (Å²) < 4.78 is 0. The Morgan fingerprint density at radius 1 is 0.630 bits per heavy atom. The maximum absolute atomic E-state index is 6.24. The van der Waals surface area contributed by atoms with E-state index in [0.717, 1.165) is 38.5 Å². The van der Waals surface area contributed by atoms with Gasteiger partial charge in [0.25, 0.3) is 0 Å². The molecule has 0 radical (unpaired) electrons. The second kappa shape index (κ2) is 7.91. The van der Waals surface area contributed by atoms with Crippen LogP contribution < -0.4 is 5.32 Å². The van der Waals surface area contributed by atoms with Crippen LogP contribution in [0, 0.1) is 0 Å². The second-order valence-corrected chi connectivity index (χ2v) is 7.24. The van der Waals surface area contributed by atoms with Gasteiger partial charge in [-0.2, -0.15) is 0 Å². The number of rotatable bonds is 4. The predicted molar refractivity (Wildman–Crippen MR) is 119 cm³/mol. The van der Waals surface area contributed by atoms with Crippen LogP contribution in [-0.4, -0.2) is 0 Å².